The van der Waals surface area contributed by atoms with Crippen molar-refractivity contribution in [2.24, 2.45) is 0 Å². The third kappa shape index (κ3) is 5.25. The van der Waals surface area contributed by atoms with Crippen molar-refractivity contribution in [1.29, 1.82) is 5.26 Å². The summed E-state index contributed by atoms with van der Waals surface area (Å²) in [5, 5.41) is 12.6. The van der Waals surface area contributed by atoms with Crippen LogP contribution in [0.1, 0.15) is 25.3 Å². The molecule has 17 heavy (non-hydrogen) atoms. The van der Waals surface area contributed by atoms with Crippen LogP contribution < -0.4 is 5.32 Å². The van der Waals surface area contributed by atoms with Gasteiger partial charge in [0.05, 0.1) is 12.0 Å². The first-order valence-electron chi connectivity index (χ1n) is 6.03. The summed E-state index contributed by atoms with van der Waals surface area (Å²) < 4.78 is 0. The highest BCUT2D eigenvalue weighted by Crippen LogP contribution is 2.13. The van der Waals surface area contributed by atoms with E-state index in [9.17, 15) is 5.26 Å². The molecular formula is C14H20N2S. The number of benzene rings is 1. The minimum Gasteiger partial charge on any atom is -0.312 e. The first-order valence-corrected chi connectivity index (χ1v) is 7.19. The van der Waals surface area contributed by atoms with Gasteiger partial charge in [0.25, 0.3) is 0 Å². The molecule has 0 aromatic heterocycles. The van der Waals surface area contributed by atoms with Crippen LogP contribution in [0.4, 0.5) is 0 Å². The molecule has 2 unspecified atom stereocenters. The summed E-state index contributed by atoms with van der Waals surface area (Å²) in [6.07, 6.45) is 0. The summed E-state index contributed by atoms with van der Waals surface area (Å²) in [6, 6.07) is 12.8. The van der Waals surface area contributed by atoms with Gasteiger partial charge in [-0.05, 0) is 18.2 Å². The highest BCUT2D eigenvalue weighted by Gasteiger charge is 2.11. The van der Waals surface area contributed by atoms with Gasteiger partial charge in [-0.1, -0.05) is 37.3 Å². The second kappa shape index (κ2) is 8.16. The van der Waals surface area contributed by atoms with E-state index >= 15 is 0 Å². The van der Waals surface area contributed by atoms with Crippen molar-refractivity contribution in [1.82, 2.24) is 5.32 Å². The largest absolute Gasteiger partial charge is 0.312 e. The third-order valence-electron chi connectivity index (χ3n) is 2.60. The van der Waals surface area contributed by atoms with E-state index in [0.29, 0.717) is 6.04 Å². The number of nitriles is 1. The van der Waals surface area contributed by atoms with E-state index in [1.807, 2.05) is 42.1 Å². The summed E-state index contributed by atoms with van der Waals surface area (Å²) in [7, 11) is 0. The van der Waals surface area contributed by atoms with Gasteiger partial charge in [0.15, 0.2) is 0 Å². The Morgan fingerprint density at radius 1 is 1.35 bits per heavy atom. The predicted molar refractivity (Wildman–Crippen MR) is 75.3 cm³/mol. The smallest absolute Gasteiger partial charge is 0.0837 e. The van der Waals surface area contributed by atoms with Crippen LogP contribution in [0, 0.1) is 11.3 Å². The number of nitrogens with one attached hydrogen (secondary N) is 1. The van der Waals surface area contributed by atoms with E-state index in [1.165, 1.54) is 0 Å². The lowest BCUT2D eigenvalue weighted by Crippen LogP contribution is -2.31. The minimum atomic E-state index is -0.0507. The standard InChI is InChI=1S/C14H20N2S/c1-3-17-11-12(2)16-10-14(9-15)13-7-5-4-6-8-13/h4-8,12,14,16H,3,10-11H2,1-2H3. The molecular weight excluding hydrogens is 228 g/mol. The number of rotatable bonds is 7. The minimum absolute atomic E-state index is 0.0507. The van der Waals surface area contributed by atoms with E-state index in [-0.39, 0.29) is 5.92 Å². The van der Waals surface area contributed by atoms with Crippen LogP contribution in [-0.4, -0.2) is 24.1 Å². The van der Waals surface area contributed by atoms with Crippen molar-refractivity contribution in [2.75, 3.05) is 18.1 Å². The summed E-state index contributed by atoms with van der Waals surface area (Å²) in [6.45, 7) is 5.06. The van der Waals surface area contributed by atoms with E-state index in [0.717, 1.165) is 23.6 Å². The molecule has 0 fully saturated rings. The zero-order valence-electron chi connectivity index (χ0n) is 10.5. The molecule has 0 heterocycles. The molecule has 3 heteroatoms. The third-order valence-corrected chi connectivity index (χ3v) is 3.74. The van der Waals surface area contributed by atoms with Crippen molar-refractivity contribution < 1.29 is 0 Å². The Bertz CT molecular complexity index is 345. The molecule has 0 aliphatic carbocycles. The van der Waals surface area contributed by atoms with Crippen molar-refractivity contribution in [2.45, 2.75) is 25.8 Å². The van der Waals surface area contributed by atoms with Crippen molar-refractivity contribution >= 4 is 11.8 Å². The lowest BCUT2D eigenvalue weighted by atomic mass is 10.0. The molecule has 0 bridgehead atoms. The summed E-state index contributed by atoms with van der Waals surface area (Å²) in [5.74, 6) is 2.20. The number of nitrogens with zero attached hydrogens (tertiary/aromatic N) is 1. The lowest BCUT2D eigenvalue weighted by molar-refractivity contribution is 0.576. The Balaban J connectivity index is 2.41. The average molecular weight is 248 g/mol. The van der Waals surface area contributed by atoms with Crippen LogP contribution >= 0.6 is 11.8 Å². The second-order valence-electron chi connectivity index (χ2n) is 4.06. The summed E-state index contributed by atoms with van der Waals surface area (Å²) in [4.78, 5) is 0. The Morgan fingerprint density at radius 2 is 2.06 bits per heavy atom. The van der Waals surface area contributed by atoms with Crippen molar-refractivity contribution in [3.8, 4) is 6.07 Å². The van der Waals surface area contributed by atoms with E-state index < -0.39 is 0 Å². The molecule has 0 aliphatic rings. The molecule has 0 saturated heterocycles. The van der Waals surface area contributed by atoms with Gasteiger partial charge in [-0.3, -0.25) is 0 Å². The Hall–Kier alpha value is -0.980. The molecule has 0 aliphatic heterocycles. The maximum atomic E-state index is 9.17. The second-order valence-corrected chi connectivity index (χ2v) is 5.38. The van der Waals surface area contributed by atoms with Gasteiger partial charge in [0.1, 0.15) is 0 Å². The molecule has 1 rings (SSSR count). The van der Waals surface area contributed by atoms with Crippen LogP contribution in [0.5, 0.6) is 0 Å². The molecule has 0 saturated carbocycles. The molecule has 0 amide bonds. The molecule has 2 nitrogen and oxygen atoms in total. The van der Waals surface area contributed by atoms with Crippen LogP contribution in [0.2, 0.25) is 0 Å². The quantitative estimate of drug-likeness (QED) is 0.805. The Kier molecular flexibility index (Phi) is 6.76. The van der Waals surface area contributed by atoms with Gasteiger partial charge in [0, 0.05) is 18.3 Å². The van der Waals surface area contributed by atoms with Gasteiger partial charge in [0.2, 0.25) is 0 Å². The highest BCUT2D eigenvalue weighted by molar-refractivity contribution is 7.99. The van der Waals surface area contributed by atoms with Crippen molar-refractivity contribution in [3.05, 3.63) is 35.9 Å². The average Bonchev–Trinajstić information content (AvgIpc) is 2.38. The zero-order chi connectivity index (χ0) is 12.5. The SMILES string of the molecule is CCSCC(C)NCC(C#N)c1ccccc1. The molecule has 0 radical (unpaired) electrons. The van der Waals surface area contributed by atoms with E-state index in [2.05, 4.69) is 25.2 Å². The number of hydrogen-bond acceptors (Lipinski definition) is 3. The molecule has 1 N–H and O–H groups in total. The summed E-state index contributed by atoms with van der Waals surface area (Å²) >= 11 is 1.93. The molecule has 92 valence electrons. The fraction of sp³-hybridized carbons (Fsp3) is 0.500. The van der Waals surface area contributed by atoms with Gasteiger partial charge in [-0.2, -0.15) is 17.0 Å². The monoisotopic (exact) mass is 248 g/mol. The fourth-order valence-electron chi connectivity index (χ4n) is 1.60. The van der Waals surface area contributed by atoms with Crippen LogP contribution in [-0.2, 0) is 0 Å². The highest BCUT2D eigenvalue weighted by atomic mass is 32.2. The zero-order valence-corrected chi connectivity index (χ0v) is 11.3. The normalized spacial score (nSPS) is 13.9. The molecule has 2 atom stereocenters. The Morgan fingerprint density at radius 3 is 2.65 bits per heavy atom. The van der Waals surface area contributed by atoms with E-state index in [1.54, 1.807) is 0 Å². The van der Waals surface area contributed by atoms with Crippen molar-refractivity contribution in [3.63, 3.8) is 0 Å². The first-order chi connectivity index (χ1) is 8.27. The molecule has 0 spiro atoms. The first kappa shape index (κ1) is 14.1. The van der Waals surface area contributed by atoms with E-state index in [4.69, 9.17) is 0 Å². The maximum absolute atomic E-state index is 9.17. The van der Waals surface area contributed by atoms with Crippen LogP contribution in [0.15, 0.2) is 30.3 Å². The van der Waals surface area contributed by atoms with Gasteiger partial charge < -0.3 is 5.32 Å². The maximum Gasteiger partial charge on any atom is 0.0837 e. The van der Waals surface area contributed by atoms with Gasteiger partial charge in [-0.25, -0.2) is 0 Å². The van der Waals surface area contributed by atoms with Gasteiger partial charge in [-0.15, -0.1) is 0 Å². The molecule has 1 aromatic rings. The molecule has 1 aromatic carbocycles. The van der Waals surface area contributed by atoms with Crippen LogP contribution in [0.25, 0.3) is 0 Å². The lowest BCUT2D eigenvalue weighted by Gasteiger charge is -2.16. The summed E-state index contributed by atoms with van der Waals surface area (Å²) in [5.41, 5.74) is 1.10. The predicted octanol–water partition coefficient (Wildman–Crippen LogP) is 3.02. The number of thioether (sulfide) groups is 1. The number of hydrogen-bond donors (Lipinski definition) is 1. The van der Waals surface area contributed by atoms with Gasteiger partial charge >= 0.3 is 0 Å². The topological polar surface area (TPSA) is 35.8 Å². The van der Waals surface area contributed by atoms with Crippen LogP contribution in [0.3, 0.4) is 0 Å². The Labute approximate surface area is 108 Å². The fourth-order valence-corrected chi connectivity index (χ4v) is 2.30.